The maximum Gasteiger partial charge on any atom is 0.0509 e. The van der Waals surface area contributed by atoms with Gasteiger partial charge >= 0.3 is 0 Å². The maximum absolute atomic E-state index is 8.36. The number of rotatable bonds is 1. The van der Waals surface area contributed by atoms with Gasteiger partial charge in [-0.1, -0.05) is 6.92 Å². The van der Waals surface area contributed by atoms with E-state index in [1.807, 2.05) is 6.92 Å². The Kier molecular flexibility index (Phi) is 9.70. The van der Waals surface area contributed by atoms with Crippen molar-refractivity contribution in [1.29, 1.82) is 0 Å². The molecule has 0 aromatic heterocycles. The Morgan fingerprint density at radius 2 is 1.83 bits per heavy atom. The fourth-order valence-electron chi connectivity index (χ4n) is 0. The molecule has 0 saturated carbocycles. The van der Waals surface area contributed by atoms with Crippen LogP contribution in [0.2, 0.25) is 0 Å². The predicted molar refractivity (Wildman–Crippen MR) is 22.0 cm³/mol. The second-order valence-corrected chi connectivity index (χ2v) is 1.26. The van der Waals surface area contributed by atoms with Crippen LogP contribution in [-0.2, 0) is 26.2 Å². The predicted octanol–water partition coefficient (Wildman–Crippen LogP) is 0.775. The third-order valence-corrected chi connectivity index (χ3v) is 0.591. The maximum atomic E-state index is 8.36. The molecule has 0 rings (SSSR count). The van der Waals surface area contributed by atoms with Gasteiger partial charge in [0, 0.05) is 26.2 Å². The largest absolute Gasteiger partial charge is 0.393 e. The van der Waals surface area contributed by atoms with Gasteiger partial charge in [-0.3, -0.25) is 0 Å². The van der Waals surface area contributed by atoms with E-state index in [1.54, 1.807) is 6.92 Å². The molecule has 36 valence electrons. The summed E-state index contributed by atoms with van der Waals surface area (Å²) in [6, 6.07) is 0. The molecule has 0 spiro atoms. The summed E-state index contributed by atoms with van der Waals surface area (Å²) in [7, 11) is 0. The topological polar surface area (TPSA) is 20.2 Å². The summed E-state index contributed by atoms with van der Waals surface area (Å²) in [5.74, 6) is 0. The minimum Gasteiger partial charge on any atom is -0.393 e. The quantitative estimate of drug-likeness (QED) is 0.609. The third-order valence-electron chi connectivity index (χ3n) is 0.591. The van der Waals surface area contributed by atoms with Crippen LogP contribution in [0, 0.1) is 0 Å². The van der Waals surface area contributed by atoms with Gasteiger partial charge in [-0.05, 0) is 13.3 Å². The van der Waals surface area contributed by atoms with Gasteiger partial charge in [0.1, 0.15) is 0 Å². The van der Waals surface area contributed by atoms with Crippen molar-refractivity contribution in [1.82, 2.24) is 0 Å². The zero-order valence-corrected chi connectivity index (χ0v) is 6.69. The van der Waals surface area contributed by atoms with Crippen LogP contribution >= 0.6 is 0 Å². The minimum atomic E-state index is -0.116. The molecule has 1 atom stereocenters. The summed E-state index contributed by atoms with van der Waals surface area (Å²) >= 11 is 0. The summed E-state index contributed by atoms with van der Waals surface area (Å²) in [4.78, 5) is 0. The van der Waals surface area contributed by atoms with Gasteiger partial charge in [0.05, 0.1) is 6.10 Å². The van der Waals surface area contributed by atoms with E-state index < -0.39 is 0 Å². The fourth-order valence-corrected chi connectivity index (χ4v) is 0. The van der Waals surface area contributed by atoms with E-state index in [4.69, 9.17) is 5.11 Å². The summed E-state index contributed by atoms with van der Waals surface area (Å²) in [5, 5.41) is 8.36. The Balaban J connectivity index is 0. The molecule has 6 heavy (non-hydrogen) atoms. The van der Waals surface area contributed by atoms with Gasteiger partial charge in [-0.15, -0.1) is 0 Å². The zero-order valence-electron chi connectivity index (χ0n) is 4.23. The first kappa shape index (κ1) is 9.96. The van der Waals surface area contributed by atoms with Crippen LogP contribution in [0.15, 0.2) is 0 Å². The van der Waals surface area contributed by atoms with Gasteiger partial charge in [0.2, 0.25) is 0 Å². The molecule has 1 nitrogen and oxygen atoms in total. The Morgan fingerprint density at radius 1 is 1.67 bits per heavy atom. The van der Waals surface area contributed by atoms with Gasteiger partial charge in [-0.25, -0.2) is 0 Å². The first-order valence-corrected chi connectivity index (χ1v) is 1.95. The Bertz CT molecular complexity index is 21.5. The average molecular weight is 165 g/mol. The van der Waals surface area contributed by atoms with Crippen molar-refractivity contribution >= 4 is 0 Å². The summed E-state index contributed by atoms with van der Waals surface area (Å²) in [5.41, 5.74) is 0. The molecule has 0 fully saturated rings. The molecule has 0 amide bonds. The Morgan fingerprint density at radius 3 is 1.83 bits per heavy atom. The SMILES string of the molecule is CCC(C)O.[Zr]. The average Bonchev–Trinajstić information content (AvgIpc) is 1.38. The molecular formula is C4H10OZr. The molecule has 1 N–H and O–H groups in total. The van der Waals surface area contributed by atoms with Gasteiger partial charge in [-0.2, -0.15) is 0 Å². The van der Waals surface area contributed by atoms with Crippen LogP contribution in [0.25, 0.3) is 0 Å². The Labute approximate surface area is 57.9 Å². The van der Waals surface area contributed by atoms with Crippen LogP contribution in [-0.4, -0.2) is 11.2 Å². The third kappa shape index (κ3) is 8.85. The monoisotopic (exact) mass is 164 g/mol. The number of hydrogen-bond donors (Lipinski definition) is 1. The van der Waals surface area contributed by atoms with Crippen molar-refractivity contribution in [2.45, 2.75) is 26.4 Å². The molecule has 0 radical (unpaired) electrons. The smallest absolute Gasteiger partial charge is 0.0509 e. The molecule has 0 saturated heterocycles. The zero-order chi connectivity index (χ0) is 4.28. The van der Waals surface area contributed by atoms with Crippen molar-refractivity contribution in [3.05, 3.63) is 0 Å². The minimum absolute atomic E-state index is 0. The molecule has 0 bridgehead atoms. The summed E-state index contributed by atoms with van der Waals surface area (Å²) in [6.45, 7) is 3.73. The molecular weight excluding hydrogens is 155 g/mol. The van der Waals surface area contributed by atoms with Crippen molar-refractivity contribution in [2.24, 2.45) is 0 Å². The molecule has 2 heteroatoms. The first-order valence-electron chi connectivity index (χ1n) is 1.95. The molecule has 0 aromatic carbocycles. The normalized spacial score (nSPS) is 12.5. The second kappa shape index (κ2) is 5.84. The van der Waals surface area contributed by atoms with E-state index in [0.717, 1.165) is 6.42 Å². The van der Waals surface area contributed by atoms with Crippen LogP contribution in [0.4, 0.5) is 0 Å². The van der Waals surface area contributed by atoms with E-state index in [1.165, 1.54) is 0 Å². The standard InChI is InChI=1S/C4H10O.Zr/c1-3-4(2)5;/h4-5H,3H2,1-2H3;. The van der Waals surface area contributed by atoms with E-state index >= 15 is 0 Å². The summed E-state index contributed by atoms with van der Waals surface area (Å²) < 4.78 is 0. The number of aliphatic hydroxyl groups is 1. The number of aliphatic hydroxyl groups excluding tert-OH is 1. The molecule has 0 heterocycles. The van der Waals surface area contributed by atoms with E-state index in [0.29, 0.717) is 0 Å². The van der Waals surface area contributed by atoms with E-state index in [-0.39, 0.29) is 32.3 Å². The Hall–Kier alpha value is 0.843. The van der Waals surface area contributed by atoms with Gasteiger partial charge in [0.15, 0.2) is 0 Å². The van der Waals surface area contributed by atoms with E-state index in [9.17, 15) is 0 Å². The second-order valence-electron chi connectivity index (χ2n) is 1.26. The molecule has 0 aliphatic rings. The van der Waals surface area contributed by atoms with Crippen LogP contribution < -0.4 is 0 Å². The molecule has 0 aromatic rings. The van der Waals surface area contributed by atoms with Gasteiger partial charge < -0.3 is 5.11 Å². The molecule has 0 aliphatic carbocycles. The van der Waals surface area contributed by atoms with Gasteiger partial charge in [0.25, 0.3) is 0 Å². The number of hydrogen-bond acceptors (Lipinski definition) is 1. The summed E-state index contributed by atoms with van der Waals surface area (Å²) in [6.07, 6.45) is 0.745. The molecule has 1 unspecified atom stereocenters. The van der Waals surface area contributed by atoms with Crippen LogP contribution in [0.1, 0.15) is 20.3 Å². The van der Waals surface area contributed by atoms with E-state index in [2.05, 4.69) is 0 Å². The van der Waals surface area contributed by atoms with Crippen molar-refractivity contribution in [2.75, 3.05) is 0 Å². The van der Waals surface area contributed by atoms with Crippen LogP contribution in [0.5, 0.6) is 0 Å². The molecule has 0 aliphatic heterocycles. The van der Waals surface area contributed by atoms with Crippen LogP contribution in [0.3, 0.4) is 0 Å². The van der Waals surface area contributed by atoms with Crippen molar-refractivity contribution in [3.8, 4) is 0 Å². The van der Waals surface area contributed by atoms with Crippen molar-refractivity contribution in [3.63, 3.8) is 0 Å². The fraction of sp³-hybridized carbons (Fsp3) is 1.00. The first-order chi connectivity index (χ1) is 2.27. The van der Waals surface area contributed by atoms with Crippen molar-refractivity contribution < 1.29 is 31.3 Å².